The lowest BCUT2D eigenvalue weighted by Gasteiger charge is -2.06. The van der Waals surface area contributed by atoms with Crippen LogP contribution in [0.15, 0.2) is 95.1 Å². The summed E-state index contributed by atoms with van der Waals surface area (Å²) in [5.41, 5.74) is 6.97. The van der Waals surface area contributed by atoms with Crippen molar-refractivity contribution < 1.29 is 19.2 Å². The molecule has 0 unspecified atom stereocenters. The van der Waals surface area contributed by atoms with Crippen LogP contribution >= 0.6 is 23.1 Å². The van der Waals surface area contributed by atoms with Crippen molar-refractivity contribution in [3.8, 4) is 0 Å². The van der Waals surface area contributed by atoms with Gasteiger partial charge in [-0.2, -0.15) is 10.2 Å². The van der Waals surface area contributed by atoms with Gasteiger partial charge in [-0.1, -0.05) is 69.6 Å². The number of nitrogens with zero attached hydrogens (tertiary/aromatic N) is 6. The quantitative estimate of drug-likeness (QED) is 0.0945. The number of hydrazone groups is 2. The third-order valence-electron chi connectivity index (χ3n) is 5.62. The third kappa shape index (κ3) is 8.81. The molecule has 0 fully saturated rings. The van der Waals surface area contributed by atoms with E-state index in [0.29, 0.717) is 22.5 Å². The minimum atomic E-state index is -0.662. The predicted octanol–water partition coefficient (Wildman–Crippen LogP) is 4.21. The third-order valence-corrected chi connectivity index (χ3v) is 6.90. The van der Waals surface area contributed by atoms with Gasteiger partial charge in [0.25, 0.3) is 11.8 Å². The van der Waals surface area contributed by atoms with Crippen molar-refractivity contribution in [2.24, 2.45) is 10.2 Å². The van der Waals surface area contributed by atoms with Crippen LogP contribution < -0.4 is 32.1 Å². The average molecular weight is 655 g/mol. The number of nitrogens with one attached hydrogen (secondary N) is 6. The maximum absolute atomic E-state index is 12.5. The molecule has 46 heavy (non-hydrogen) atoms. The van der Waals surface area contributed by atoms with Crippen LogP contribution in [0.1, 0.15) is 32.1 Å². The first kappa shape index (κ1) is 31.0. The maximum Gasteiger partial charge on any atom is 0.324 e. The predicted molar refractivity (Wildman–Crippen MR) is 175 cm³/mol. The summed E-state index contributed by atoms with van der Waals surface area (Å²) in [6.45, 7) is 0. The second-order valence-electron chi connectivity index (χ2n) is 8.86. The van der Waals surface area contributed by atoms with Crippen molar-refractivity contribution in [1.29, 1.82) is 0 Å². The molecule has 3 aromatic carbocycles. The van der Waals surface area contributed by atoms with E-state index in [1.54, 1.807) is 72.8 Å². The molecule has 0 aliphatic heterocycles. The smallest absolute Gasteiger partial charge is 0.308 e. The molecule has 0 bridgehead atoms. The summed E-state index contributed by atoms with van der Waals surface area (Å²) in [6, 6.07) is 23.4. The Morgan fingerprint density at radius 3 is 1.33 bits per heavy atom. The summed E-state index contributed by atoms with van der Waals surface area (Å²) in [7, 11) is 0. The number of rotatable bonds is 10. The topological polar surface area (TPSA) is 217 Å². The van der Waals surface area contributed by atoms with Crippen LogP contribution in [0.4, 0.5) is 31.0 Å². The Labute approximate surface area is 268 Å². The first-order valence-corrected chi connectivity index (χ1v) is 14.7. The zero-order chi connectivity index (χ0) is 32.1. The summed E-state index contributed by atoms with van der Waals surface area (Å²) in [4.78, 5) is 49.6. The summed E-state index contributed by atoms with van der Waals surface area (Å²) < 4.78 is 7.46. The standard InChI is InChI=1S/C28H22N12O4S2/c41-23(21-25(45-39-35-21)33-27(43)31-19-7-3-1-4-8-19)37-29-15-17-11-13-18(14-12-17)16-30-38-24(42)22-26(46-40-36-22)34-28(44)32-20-9-5-2-6-10-20/h1-16H,(H,37,41)(H,38,42)(H2,31,33,43)(H2,32,34,44)/b29-15-,30-16+. The zero-order valence-electron chi connectivity index (χ0n) is 23.4. The van der Waals surface area contributed by atoms with Crippen molar-refractivity contribution in [1.82, 2.24) is 30.0 Å². The number of amides is 6. The van der Waals surface area contributed by atoms with Gasteiger partial charge >= 0.3 is 12.1 Å². The van der Waals surface area contributed by atoms with Gasteiger partial charge in [0.05, 0.1) is 12.4 Å². The van der Waals surface area contributed by atoms with Gasteiger partial charge in [-0.3, -0.25) is 20.2 Å². The van der Waals surface area contributed by atoms with E-state index >= 15 is 0 Å². The minimum absolute atomic E-state index is 0.0919. The highest BCUT2D eigenvalue weighted by Gasteiger charge is 2.19. The summed E-state index contributed by atoms with van der Waals surface area (Å²) in [6.07, 6.45) is 2.82. The van der Waals surface area contributed by atoms with Gasteiger partial charge in [0, 0.05) is 34.4 Å². The van der Waals surface area contributed by atoms with Crippen LogP contribution in [0.3, 0.4) is 0 Å². The Bertz CT molecular complexity index is 1740. The molecule has 0 aliphatic carbocycles. The SMILES string of the molecule is O=C(Nc1ccccc1)Nc1snnc1C(=O)N/N=C\c1ccc(/C=N/NC(=O)c2nnsc2NC(=O)Nc2ccccc2)cc1. The van der Waals surface area contributed by atoms with E-state index in [1.807, 2.05) is 12.1 Å². The highest BCUT2D eigenvalue weighted by Crippen LogP contribution is 2.19. The number of aromatic nitrogens is 4. The lowest BCUT2D eigenvalue weighted by Crippen LogP contribution is -2.23. The van der Waals surface area contributed by atoms with Crippen LogP contribution in [0, 0.1) is 0 Å². The Hall–Kier alpha value is -6.40. The van der Waals surface area contributed by atoms with Crippen LogP contribution in [0.25, 0.3) is 0 Å². The molecule has 2 heterocycles. The van der Waals surface area contributed by atoms with Gasteiger partial charge in [0.1, 0.15) is 0 Å². The number of para-hydroxylation sites is 2. The molecule has 5 rings (SSSR count). The normalized spacial score (nSPS) is 10.8. The van der Waals surface area contributed by atoms with E-state index in [0.717, 1.165) is 23.1 Å². The fraction of sp³-hybridized carbons (Fsp3) is 0. The maximum atomic E-state index is 12.5. The lowest BCUT2D eigenvalue weighted by atomic mass is 10.2. The second-order valence-corrected chi connectivity index (χ2v) is 10.4. The fourth-order valence-corrected chi connectivity index (χ4v) is 4.65. The van der Waals surface area contributed by atoms with E-state index in [9.17, 15) is 19.2 Å². The van der Waals surface area contributed by atoms with Crippen molar-refractivity contribution in [3.63, 3.8) is 0 Å². The van der Waals surface area contributed by atoms with Gasteiger partial charge < -0.3 is 10.6 Å². The van der Waals surface area contributed by atoms with Crippen molar-refractivity contribution in [2.75, 3.05) is 21.3 Å². The molecule has 2 aromatic heterocycles. The van der Waals surface area contributed by atoms with Gasteiger partial charge in [-0.15, -0.1) is 10.2 Å². The van der Waals surface area contributed by atoms with Crippen LogP contribution in [0.5, 0.6) is 0 Å². The number of hydrogen-bond donors (Lipinski definition) is 6. The molecule has 0 saturated carbocycles. The molecule has 6 amide bonds. The van der Waals surface area contributed by atoms with Gasteiger partial charge in [-0.05, 0) is 35.4 Å². The zero-order valence-corrected chi connectivity index (χ0v) is 25.0. The van der Waals surface area contributed by atoms with E-state index in [4.69, 9.17) is 0 Å². The van der Waals surface area contributed by atoms with Crippen LogP contribution in [-0.4, -0.2) is 55.5 Å². The Kier molecular flexibility index (Phi) is 10.4. The van der Waals surface area contributed by atoms with E-state index < -0.39 is 23.9 Å². The monoisotopic (exact) mass is 654 g/mol. The Morgan fingerprint density at radius 2 is 0.935 bits per heavy atom. The first-order valence-electron chi connectivity index (χ1n) is 13.1. The summed E-state index contributed by atoms with van der Waals surface area (Å²) >= 11 is 1.70. The summed E-state index contributed by atoms with van der Waals surface area (Å²) in [5.74, 6) is -1.32. The first-order chi connectivity index (χ1) is 22.4. The fourth-order valence-electron chi connectivity index (χ4n) is 3.52. The molecule has 6 N–H and O–H groups in total. The summed E-state index contributed by atoms with van der Waals surface area (Å²) in [5, 5.41) is 26.1. The van der Waals surface area contributed by atoms with Gasteiger partial charge in [-0.25, -0.2) is 20.4 Å². The molecule has 230 valence electrons. The molecule has 16 nitrogen and oxygen atoms in total. The molecular weight excluding hydrogens is 633 g/mol. The van der Waals surface area contributed by atoms with Crippen molar-refractivity contribution >= 4 is 80.7 Å². The Morgan fingerprint density at radius 1 is 0.543 bits per heavy atom. The average Bonchev–Trinajstić information content (AvgIpc) is 3.72. The molecule has 0 spiro atoms. The second kappa shape index (κ2) is 15.4. The Balaban J connectivity index is 1.08. The van der Waals surface area contributed by atoms with E-state index in [1.165, 1.54) is 12.4 Å². The molecule has 0 aliphatic rings. The molecular formula is C28H22N12O4S2. The largest absolute Gasteiger partial charge is 0.324 e. The van der Waals surface area contributed by atoms with E-state index in [2.05, 4.69) is 61.5 Å². The number of hydrogen-bond acceptors (Lipinski definition) is 12. The molecule has 18 heteroatoms. The van der Waals surface area contributed by atoms with Crippen LogP contribution in [-0.2, 0) is 0 Å². The van der Waals surface area contributed by atoms with Crippen molar-refractivity contribution in [3.05, 3.63) is 107 Å². The molecule has 0 saturated heterocycles. The van der Waals surface area contributed by atoms with E-state index in [-0.39, 0.29) is 21.4 Å². The number of anilines is 4. The highest BCUT2D eigenvalue weighted by atomic mass is 32.1. The van der Waals surface area contributed by atoms with Gasteiger partial charge in [0.15, 0.2) is 21.4 Å². The number of carbonyl (C=O) groups is 4. The number of carbonyl (C=O) groups excluding carboxylic acids is 4. The number of urea groups is 2. The minimum Gasteiger partial charge on any atom is -0.308 e. The lowest BCUT2D eigenvalue weighted by molar-refractivity contribution is 0.0943. The molecule has 0 radical (unpaired) electrons. The van der Waals surface area contributed by atoms with Gasteiger partial charge in [0.2, 0.25) is 0 Å². The van der Waals surface area contributed by atoms with Crippen molar-refractivity contribution in [2.45, 2.75) is 0 Å². The molecule has 5 aromatic rings. The number of benzene rings is 3. The molecule has 0 atom stereocenters. The highest BCUT2D eigenvalue weighted by molar-refractivity contribution is 7.10. The van der Waals surface area contributed by atoms with Crippen LogP contribution in [0.2, 0.25) is 0 Å².